The van der Waals surface area contributed by atoms with E-state index in [9.17, 15) is 22.8 Å². The second kappa shape index (κ2) is 11.0. The fourth-order valence-corrected chi connectivity index (χ4v) is 3.42. The molecular weight excluding hydrogens is 477 g/mol. The van der Waals surface area contributed by atoms with Gasteiger partial charge in [-0.15, -0.1) is 13.2 Å². The van der Waals surface area contributed by atoms with Crippen molar-refractivity contribution in [3.8, 4) is 11.5 Å². The lowest BCUT2D eigenvalue weighted by Crippen LogP contribution is -2.47. The van der Waals surface area contributed by atoms with Crippen molar-refractivity contribution < 1.29 is 32.2 Å². The molecule has 36 heavy (non-hydrogen) atoms. The number of aromatic nitrogens is 1. The molecule has 0 saturated heterocycles. The maximum atomic E-state index is 12.8. The summed E-state index contributed by atoms with van der Waals surface area (Å²) in [7, 11) is 0. The molecule has 0 bridgehead atoms. The zero-order chi connectivity index (χ0) is 26.5. The lowest BCUT2D eigenvalue weighted by Gasteiger charge is -2.21. The minimum Gasteiger partial charge on any atom is -0.489 e. The molecular formula is C25H29F3N4O4. The molecule has 1 aromatic heterocycles. The second-order valence-corrected chi connectivity index (χ2v) is 8.86. The van der Waals surface area contributed by atoms with Gasteiger partial charge in [-0.2, -0.15) is 0 Å². The van der Waals surface area contributed by atoms with E-state index in [0.29, 0.717) is 35.5 Å². The average Bonchev–Trinajstić information content (AvgIpc) is 2.91. The molecule has 0 radical (unpaired) electrons. The topological polar surface area (TPSA) is 102 Å². The third kappa shape index (κ3) is 6.97. The average molecular weight is 507 g/mol. The van der Waals surface area contributed by atoms with Gasteiger partial charge in [0, 0.05) is 36.0 Å². The van der Waals surface area contributed by atoms with Crippen LogP contribution >= 0.6 is 0 Å². The first-order valence-electron chi connectivity index (χ1n) is 11.4. The number of ether oxygens (including phenoxy) is 2. The number of nitrogens with one attached hydrogen (secondary N) is 3. The first-order chi connectivity index (χ1) is 16.9. The minimum absolute atomic E-state index is 0.0639. The molecule has 1 aliphatic heterocycles. The lowest BCUT2D eigenvalue weighted by molar-refractivity contribution is -0.275. The van der Waals surface area contributed by atoms with Crippen molar-refractivity contribution in [2.45, 2.75) is 59.1 Å². The molecule has 0 unspecified atom stereocenters. The van der Waals surface area contributed by atoms with E-state index in [1.54, 1.807) is 39.1 Å². The van der Waals surface area contributed by atoms with Crippen molar-refractivity contribution in [2.75, 3.05) is 11.9 Å². The Kier molecular flexibility index (Phi) is 8.24. The van der Waals surface area contributed by atoms with Crippen molar-refractivity contribution in [2.24, 2.45) is 0 Å². The minimum atomic E-state index is -4.87. The summed E-state index contributed by atoms with van der Waals surface area (Å²) in [5, 5.41) is 8.65. The van der Waals surface area contributed by atoms with Crippen molar-refractivity contribution in [1.82, 2.24) is 15.6 Å². The number of hydrogen-bond acceptors (Lipinski definition) is 6. The maximum absolute atomic E-state index is 12.8. The van der Waals surface area contributed by atoms with Gasteiger partial charge in [0.1, 0.15) is 5.82 Å². The van der Waals surface area contributed by atoms with Gasteiger partial charge >= 0.3 is 6.36 Å². The molecule has 3 N–H and O–H groups in total. The van der Waals surface area contributed by atoms with Crippen LogP contribution in [0.5, 0.6) is 11.5 Å². The van der Waals surface area contributed by atoms with Crippen molar-refractivity contribution in [3.63, 3.8) is 0 Å². The smallest absolute Gasteiger partial charge is 0.489 e. The van der Waals surface area contributed by atoms with E-state index in [1.165, 1.54) is 12.1 Å². The van der Waals surface area contributed by atoms with Gasteiger partial charge in [-0.1, -0.05) is 19.1 Å². The van der Waals surface area contributed by atoms with Crippen LogP contribution in [0, 0.1) is 0 Å². The molecule has 11 heteroatoms. The summed E-state index contributed by atoms with van der Waals surface area (Å²) in [5.74, 6) is -0.681. The third-order valence-corrected chi connectivity index (χ3v) is 5.43. The fourth-order valence-electron chi connectivity index (χ4n) is 3.42. The highest BCUT2D eigenvalue weighted by atomic mass is 19.4. The molecule has 2 amide bonds. The summed E-state index contributed by atoms with van der Waals surface area (Å²) >= 11 is 0. The van der Waals surface area contributed by atoms with Gasteiger partial charge in [-0.05, 0) is 51.0 Å². The van der Waals surface area contributed by atoms with E-state index in [1.807, 2.05) is 13.0 Å². The van der Waals surface area contributed by atoms with E-state index in [0.717, 1.165) is 5.56 Å². The Balaban J connectivity index is 1.73. The highest BCUT2D eigenvalue weighted by Crippen LogP contribution is 2.35. The second-order valence-electron chi connectivity index (χ2n) is 8.86. The van der Waals surface area contributed by atoms with Crippen LogP contribution in [0.25, 0.3) is 6.08 Å². The number of hydrogen-bond donors (Lipinski definition) is 3. The number of amides is 2. The molecule has 1 aliphatic rings. The van der Waals surface area contributed by atoms with Crippen molar-refractivity contribution >= 4 is 23.7 Å². The van der Waals surface area contributed by atoms with Crippen LogP contribution in [0.1, 0.15) is 50.8 Å². The van der Waals surface area contributed by atoms with E-state index in [-0.39, 0.29) is 24.8 Å². The van der Waals surface area contributed by atoms with Gasteiger partial charge in [-0.25, -0.2) is 4.98 Å². The summed E-state index contributed by atoms with van der Waals surface area (Å²) in [6.07, 6.45) is -1.11. The standard InChI is InChI=1S/C25H29F3N4O4/c1-5-9-35-20-17(7-6-8-19(20)36-25(26,27)28)13-30-22(33)15(2)10-16-11-18-14-31-24(3,4)23(34)32-21(18)29-12-16/h6-8,10-12,31H,5,9,13-14H2,1-4H3,(H,30,33)(H,29,32,34). The molecule has 0 spiro atoms. The van der Waals surface area contributed by atoms with Crippen LogP contribution in [-0.4, -0.2) is 35.3 Å². The number of pyridine rings is 1. The SMILES string of the molecule is CCCOc1c(CNC(=O)C(C)=Cc2cnc3c(c2)CNC(C)(C)C(=O)N3)cccc1OC(F)(F)F. The Labute approximate surface area is 207 Å². The Bertz CT molecular complexity index is 1160. The zero-order valence-electron chi connectivity index (χ0n) is 20.5. The number of para-hydroxylation sites is 1. The Morgan fingerprint density at radius 2 is 2.06 bits per heavy atom. The molecule has 8 nitrogen and oxygen atoms in total. The van der Waals surface area contributed by atoms with Crippen LogP contribution in [0.4, 0.5) is 19.0 Å². The third-order valence-electron chi connectivity index (χ3n) is 5.43. The zero-order valence-corrected chi connectivity index (χ0v) is 20.5. The molecule has 0 fully saturated rings. The van der Waals surface area contributed by atoms with Crippen molar-refractivity contribution in [1.29, 1.82) is 0 Å². The predicted molar refractivity (Wildman–Crippen MR) is 128 cm³/mol. The van der Waals surface area contributed by atoms with Crippen molar-refractivity contribution in [3.05, 3.63) is 52.7 Å². The number of carbonyl (C=O) groups is 2. The van der Waals surface area contributed by atoms with Gasteiger partial charge < -0.3 is 20.1 Å². The van der Waals surface area contributed by atoms with E-state index >= 15 is 0 Å². The van der Waals surface area contributed by atoms with E-state index in [2.05, 4.69) is 25.7 Å². The summed E-state index contributed by atoms with van der Waals surface area (Å²) in [6.45, 7) is 7.52. The number of alkyl halides is 3. The first-order valence-corrected chi connectivity index (χ1v) is 11.4. The summed E-state index contributed by atoms with van der Waals surface area (Å²) < 4.78 is 48.0. The van der Waals surface area contributed by atoms with E-state index in [4.69, 9.17) is 4.74 Å². The summed E-state index contributed by atoms with van der Waals surface area (Å²) in [5.41, 5.74) is 1.39. The Hall–Kier alpha value is -3.60. The number of carbonyl (C=O) groups excluding carboxylic acids is 2. The molecule has 3 rings (SSSR count). The van der Waals surface area contributed by atoms with Crippen LogP contribution in [0.15, 0.2) is 36.0 Å². The van der Waals surface area contributed by atoms with Gasteiger partial charge in [-0.3, -0.25) is 14.9 Å². The highest BCUT2D eigenvalue weighted by Gasteiger charge is 2.33. The van der Waals surface area contributed by atoms with Gasteiger partial charge in [0.15, 0.2) is 11.5 Å². The largest absolute Gasteiger partial charge is 0.573 e. The van der Waals surface area contributed by atoms with Gasteiger partial charge in [0.25, 0.3) is 0 Å². The molecule has 0 atom stereocenters. The normalized spacial score (nSPS) is 15.4. The number of nitrogens with zero attached hydrogens (tertiary/aromatic N) is 1. The highest BCUT2D eigenvalue weighted by molar-refractivity contribution is 5.99. The van der Waals surface area contributed by atoms with Crippen LogP contribution < -0.4 is 25.4 Å². The number of fused-ring (bicyclic) bond motifs is 1. The molecule has 0 aliphatic carbocycles. The predicted octanol–water partition coefficient (Wildman–Crippen LogP) is 4.31. The van der Waals surface area contributed by atoms with Crippen LogP contribution in [-0.2, 0) is 22.7 Å². The van der Waals surface area contributed by atoms with E-state index < -0.39 is 23.6 Å². The lowest BCUT2D eigenvalue weighted by atomic mass is 10.1. The fraction of sp³-hybridized carbons (Fsp3) is 0.400. The Morgan fingerprint density at radius 1 is 1.31 bits per heavy atom. The molecule has 2 aromatic rings. The van der Waals surface area contributed by atoms with Crippen LogP contribution in [0.2, 0.25) is 0 Å². The molecule has 1 aromatic carbocycles. The molecule has 2 heterocycles. The monoisotopic (exact) mass is 506 g/mol. The molecule has 0 saturated carbocycles. The molecule has 194 valence electrons. The summed E-state index contributed by atoms with van der Waals surface area (Å²) in [4.78, 5) is 29.3. The van der Waals surface area contributed by atoms with Gasteiger partial charge in [0.2, 0.25) is 11.8 Å². The Morgan fingerprint density at radius 3 is 2.75 bits per heavy atom. The van der Waals surface area contributed by atoms with Gasteiger partial charge in [0.05, 0.1) is 12.1 Å². The number of benzene rings is 1. The number of halogens is 3. The quantitative estimate of drug-likeness (QED) is 0.462. The first kappa shape index (κ1) is 27.0. The van der Waals surface area contributed by atoms with Crippen LogP contribution in [0.3, 0.4) is 0 Å². The number of anilines is 1. The maximum Gasteiger partial charge on any atom is 0.573 e. The number of rotatable bonds is 8. The summed E-state index contributed by atoms with van der Waals surface area (Å²) in [6, 6.07) is 5.95.